The number of nitrogens with zero attached hydrogens (tertiary/aromatic N) is 3. The maximum absolute atomic E-state index is 13.1. The van der Waals surface area contributed by atoms with E-state index in [0.29, 0.717) is 29.8 Å². The van der Waals surface area contributed by atoms with Gasteiger partial charge < -0.3 is 19.4 Å². The van der Waals surface area contributed by atoms with Gasteiger partial charge in [-0.25, -0.2) is 8.42 Å². The second-order valence-corrected chi connectivity index (χ2v) is 9.28. The molecular formula is C21H22N4O7S. The smallest absolute Gasteiger partial charge is 0.270 e. The molecule has 174 valence electrons. The number of nitro benzene ring substituents is 1. The van der Waals surface area contributed by atoms with Crippen LogP contribution in [0, 0.1) is 10.1 Å². The van der Waals surface area contributed by atoms with Crippen molar-refractivity contribution in [2.45, 2.75) is 11.4 Å². The first-order valence-corrected chi connectivity index (χ1v) is 11.5. The maximum atomic E-state index is 13.1. The van der Waals surface area contributed by atoms with Gasteiger partial charge in [0, 0.05) is 48.0 Å². The number of anilines is 1. The van der Waals surface area contributed by atoms with Gasteiger partial charge in [-0.3, -0.25) is 14.9 Å². The molecule has 1 N–H and O–H groups in total. The molecule has 1 amide bonds. The van der Waals surface area contributed by atoms with Gasteiger partial charge in [-0.05, 0) is 30.3 Å². The van der Waals surface area contributed by atoms with Gasteiger partial charge in [0.1, 0.15) is 17.2 Å². The molecule has 2 aromatic carbocycles. The van der Waals surface area contributed by atoms with Crippen molar-refractivity contribution in [3.8, 4) is 5.75 Å². The lowest BCUT2D eigenvalue weighted by Gasteiger charge is -2.26. The number of nitro groups is 1. The quantitative estimate of drug-likeness (QED) is 0.410. The van der Waals surface area contributed by atoms with Crippen LogP contribution >= 0.6 is 0 Å². The van der Waals surface area contributed by atoms with Crippen LogP contribution in [-0.4, -0.2) is 61.5 Å². The Morgan fingerprint density at radius 2 is 1.94 bits per heavy atom. The Morgan fingerprint density at radius 3 is 2.64 bits per heavy atom. The van der Waals surface area contributed by atoms with E-state index < -0.39 is 14.9 Å². The fraction of sp³-hybridized carbons (Fsp3) is 0.286. The molecule has 11 nitrogen and oxygen atoms in total. The average Bonchev–Trinajstić information content (AvgIpc) is 3.21. The molecule has 0 unspecified atom stereocenters. The van der Waals surface area contributed by atoms with Crippen LogP contribution in [0.2, 0.25) is 0 Å². The molecule has 2 heterocycles. The zero-order valence-electron chi connectivity index (χ0n) is 17.8. The normalized spacial score (nSPS) is 14.8. The Kier molecular flexibility index (Phi) is 6.31. The van der Waals surface area contributed by atoms with Crippen molar-refractivity contribution < 1.29 is 27.6 Å². The predicted molar refractivity (Wildman–Crippen MR) is 120 cm³/mol. The van der Waals surface area contributed by atoms with E-state index in [9.17, 15) is 23.3 Å². The van der Waals surface area contributed by atoms with Gasteiger partial charge in [0.25, 0.3) is 5.69 Å². The van der Waals surface area contributed by atoms with Crippen LogP contribution in [0.5, 0.6) is 5.75 Å². The average molecular weight is 474 g/mol. The predicted octanol–water partition coefficient (Wildman–Crippen LogP) is 2.22. The monoisotopic (exact) mass is 474 g/mol. The third-order valence-corrected chi connectivity index (χ3v) is 7.23. The van der Waals surface area contributed by atoms with Gasteiger partial charge in [0.05, 0.1) is 25.2 Å². The molecule has 1 aliphatic heterocycles. The summed E-state index contributed by atoms with van der Waals surface area (Å²) in [7, 11) is -2.45. The number of carbonyl (C=O) groups excluding carboxylic acids is 1. The fourth-order valence-electron chi connectivity index (χ4n) is 3.68. The fourth-order valence-corrected chi connectivity index (χ4v) is 5.27. The molecule has 1 aliphatic rings. The minimum atomic E-state index is -3.84. The van der Waals surface area contributed by atoms with Crippen LogP contribution in [0.3, 0.4) is 0 Å². The number of fused-ring (bicyclic) bond motifs is 1. The Morgan fingerprint density at radius 1 is 1.18 bits per heavy atom. The standard InChI is InChI=1S/C21H22N4O7S/c1-31-19-5-2-16(13-20(19)33(29,30)24-8-10-32-11-9-24)22-21(26)14-23-7-6-15-12-17(25(27)28)3-4-18(15)23/h2-7,12-13H,8-11,14H2,1H3,(H,22,26). The number of hydrogen-bond acceptors (Lipinski definition) is 7. The van der Waals surface area contributed by atoms with Crippen molar-refractivity contribution in [3.63, 3.8) is 0 Å². The summed E-state index contributed by atoms with van der Waals surface area (Å²) in [5.41, 5.74) is 0.942. The molecule has 1 saturated heterocycles. The summed E-state index contributed by atoms with van der Waals surface area (Å²) in [6.45, 7) is 1.04. The number of sulfonamides is 1. The van der Waals surface area contributed by atoms with Crippen molar-refractivity contribution in [1.29, 1.82) is 0 Å². The molecular weight excluding hydrogens is 452 g/mol. The van der Waals surface area contributed by atoms with Crippen LogP contribution in [0.25, 0.3) is 10.9 Å². The number of morpholine rings is 1. The van der Waals surface area contributed by atoms with Crippen LogP contribution in [-0.2, 0) is 26.1 Å². The molecule has 0 radical (unpaired) electrons. The van der Waals surface area contributed by atoms with Gasteiger partial charge in [0.15, 0.2) is 0 Å². The highest BCUT2D eigenvalue weighted by atomic mass is 32.2. The number of rotatable bonds is 7. The van der Waals surface area contributed by atoms with E-state index in [1.54, 1.807) is 29.0 Å². The molecule has 0 saturated carbocycles. The van der Waals surface area contributed by atoms with E-state index >= 15 is 0 Å². The molecule has 0 bridgehead atoms. The van der Waals surface area contributed by atoms with Crippen LogP contribution in [0.4, 0.5) is 11.4 Å². The van der Waals surface area contributed by atoms with Crippen molar-refractivity contribution in [1.82, 2.24) is 8.87 Å². The van der Waals surface area contributed by atoms with Gasteiger partial charge in [-0.1, -0.05) is 0 Å². The van der Waals surface area contributed by atoms with Crippen molar-refractivity contribution in [3.05, 3.63) is 58.8 Å². The van der Waals surface area contributed by atoms with E-state index in [4.69, 9.17) is 9.47 Å². The maximum Gasteiger partial charge on any atom is 0.270 e. The third-order valence-electron chi connectivity index (χ3n) is 5.31. The van der Waals surface area contributed by atoms with Crippen molar-refractivity contribution in [2.24, 2.45) is 0 Å². The second kappa shape index (κ2) is 9.17. The summed E-state index contributed by atoms with van der Waals surface area (Å²) >= 11 is 0. The summed E-state index contributed by atoms with van der Waals surface area (Å²) < 4.78 is 39.7. The van der Waals surface area contributed by atoms with E-state index in [1.165, 1.54) is 35.7 Å². The Bertz CT molecular complexity index is 1310. The van der Waals surface area contributed by atoms with E-state index in [2.05, 4.69) is 5.32 Å². The summed E-state index contributed by atoms with van der Waals surface area (Å²) in [6.07, 6.45) is 1.66. The number of nitrogens with one attached hydrogen (secondary N) is 1. The van der Waals surface area contributed by atoms with Crippen molar-refractivity contribution >= 4 is 38.2 Å². The summed E-state index contributed by atoms with van der Waals surface area (Å²) in [5, 5.41) is 14.3. The molecule has 1 aromatic heterocycles. The third kappa shape index (κ3) is 4.67. The van der Waals surface area contributed by atoms with E-state index in [1.807, 2.05) is 0 Å². The SMILES string of the molecule is COc1ccc(NC(=O)Cn2ccc3cc([N+](=O)[O-])ccc32)cc1S(=O)(=O)N1CCOCC1. The Balaban J connectivity index is 1.54. The lowest BCUT2D eigenvalue weighted by atomic mass is 10.2. The van der Waals surface area contributed by atoms with Crippen LogP contribution in [0.1, 0.15) is 0 Å². The second-order valence-electron chi connectivity index (χ2n) is 7.37. The van der Waals surface area contributed by atoms with Crippen LogP contribution in [0.15, 0.2) is 53.6 Å². The first-order valence-electron chi connectivity index (χ1n) is 10.1. The first-order chi connectivity index (χ1) is 15.8. The van der Waals surface area contributed by atoms with Crippen molar-refractivity contribution in [2.75, 3.05) is 38.7 Å². The summed E-state index contributed by atoms with van der Waals surface area (Å²) in [6, 6.07) is 10.5. The number of hydrogen-bond donors (Lipinski definition) is 1. The molecule has 3 aromatic rings. The Hall–Kier alpha value is -3.48. The first kappa shape index (κ1) is 22.7. The van der Waals surface area contributed by atoms with E-state index in [0.717, 1.165) is 0 Å². The number of methoxy groups -OCH3 is 1. The number of amides is 1. The number of carbonyl (C=O) groups is 1. The summed E-state index contributed by atoms with van der Waals surface area (Å²) in [4.78, 5) is 23.1. The highest BCUT2D eigenvalue weighted by Gasteiger charge is 2.29. The molecule has 4 rings (SSSR count). The summed E-state index contributed by atoms with van der Waals surface area (Å²) in [5.74, 6) is -0.205. The molecule has 1 fully saturated rings. The molecule has 12 heteroatoms. The molecule has 0 atom stereocenters. The van der Waals surface area contributed by atoms with Gasteiger partial charge in [0.2, 0.25) is 15.9 Å². The number of non-ortho nitro benzene ring substituents is 1. The number of benzene rings is 2. The van der Waals surface area contributed by atoms with Gasteiger partial charge in [-0.15, -0.1) is 0 Å². The highest BCUT2D eigenvalue weighted by Crippen LogP contribution is 2.30. The zero-order chi connectivity index (χ0) is 23.6. The molecule has 0 aliphatic carbocycles. The zero-order valence-corrected chi connectivity index (χ0v) is 18.6. The molecule has 33 heavy (non-hydrogen) atoms. The highest BCUT2D eigenvalue weighted by molar-refractivity contribution is 7.89. The number of ether oxygens (including phenoxy) is 2. The minimum Gasteiger partial charge on any atom is -0.495 e. The van der Waals surface area contributed by atoms with Gasteiger partial charge >= 0.3 is 0 Å². The molecule has 0 spiro atoms. The topological polar surface area (TPSA) is 133 Å². The lowest BCUT2D eigenvalue weighted by molar-refractivity contribution is -0.384. The Labute approximate surface area is 189 Å². The largest absolute Gasteiger partial charge is 0.495 e. The minimum absolute atomic E-state index is 0.0306. The lowest BCUT2D eigenvalue weighted by Crippen LogP contribution is -2.40. The van der Waals surface area contributed by atoms with E-state index in [-0.39, 0.29) is 41.9 Å². The number of aromatic nitrogens is 1. The van der Waals surface area contributed by atoms with Crippen LogP contribution < -0.4 is 10.1 Å². The van der Waals surface area contributed by atoms with Gasteiger partial charge in [-0.2, -0.15) is 4.31 Å².